The van der Waals surface area contributed by atoms with Crippen molar-refractivity contribution < 1.29 is 4.79 Å². The van der Waals surface area contributed by atoms with Gasteiger partial charge in [-0.15, -0.1) is 5.10 Å². The molecule has 1 aromatic carbocycles. The summed E-state index contributed by atoms with van der Waals surface area (Å²) in [7, 11) is 0. The molecule has 2 aromatic rings. The maximum atomic E-state index is 11.6. The lowest BCUT2D eigenvalue weighted by atomic mass is 10.2. The first-order valence-electron chi connectivity index (χ1n) is 5.36. The van der Waals surface area contributed by atoms with Crippen molar-refractivity contribution in [3.05, 3.63) is 54.2 Å². The second kappa shape index (κ2) is 5.58. The van der Waals surface area contributed by atoms with Gasteiger partial charge in [0.05, 0.1) is 0 Å². The maximum Gasteiger partial charge on any atom is 0.249 e. The summed E-state index contributed by atoms with van der Waals surface area (Å²) in [5, 5.41) is 10.0. The normalized spacial score (nSPS) is 10.4. The van der Waals surface area contributed by atoms with Crippen molar-refractivity contribution in [2.24, 2.45) is 0 Å². The van der Waals surface area contributed by atoms with Gasteiger partial charge in [0.15, 0.2) is 5.82 Å². The summed E-state index contributed by atoms with van der Waals surface area (Å²) >= 11 is 0. The lowest BCUT2D eigenvalue weighted by Gasteiger charge is -1.98. The summed E-state index contributed by atoms with van der Waals surface area (Å²) in [5.41, 5.74) is 7.16. The molecule has 1 aromatic heterocycles. The molecule has 2 rings (SSSR count). The number of benzene rings is 1. The Kier molecular flexibility index (Phi) is 3.66. The van der Waals surface area contributed by atoms with E-state index in [1.165, 1.54) is 6.08 Å². The van der Waals surface area contributed by atoms with Gasteiger partial charge in [-0.25, -0.2) is 0 Å². The Labute approximate surface area is 104 Å². The molecular formula is C13H12N4O. The molecular weight excluding hydrogens is 228 g/mol. The lowest BCUT2D eigenvalue weighted by molar-refractivity contribution is -0.111. The van der Waals surface area contributed by atoms with Crippen LogP contribution in [0.1, 0.15) is 5.56 Å². The molecule has 1 amide bonds. The zero-order valence-corrected chi connectivity index (χ0v) is 9.58. The topological polar surface area (TPSA) is 80.9 Å². The number of carbonyl (C=O) groups excluding carboxylic acids is 1. The molecule has 18 heavy (non-hydrogen) atoms. The smallest absolute Gasteiger partial charge is 0.249 e. The number of nitrogens with one attached hydrogen (secondary N) is 1. The summed E-state index contributed by atoms with van der Waals surface area (Å²) in [4.78, 5) is 11.6. The molecule has 90 valence electrons. The second-order valence-corrected chi connectivity index (χ2v) is 3.60. The number of aromatic nitrogens is 2. The zero-order valence-electron chi connectivity index (χ0n) is 9.58. The van der Waals surface area contributed by atoms with Gasteiger partial charge in [-0.05, 0) is 35.9 Å². The Bertz CT molecular complexity index is 549. The number of anilines is 2. The summed E-state index contributed by atoms with van der Waals surface area (Å²) in [6.07, 6.45) is 4.67. The van der Waals surface area contributed by atoms with Gasteiger partial charge in [-0.2, -0.15) is 5.10 Å². The zero-order chi connectivity index (χ0) is 12.8. The molecule has 0 radical (unpaired) electrons. The van der Waals surface area contributed by atoms with Gasteiger partial charge >= 0.3 is 0 Å². The van der Waals surface area contributed by atoms with E-state index in [1.54, 1.807) is 36.5 Å². The molecule has 0 aliphatic carbocycles. The van der Waals surface area contributed by atoms with Gasteiger partial charge in [0.2, 0.25) is 5.91 Å². The summed E-state index contributed by atoms with van der Waals surface area (Å²) in [6.45, 7) is 0. The van der Waals surface area contributed by atoms with Gasteiger partial charge < -0.3 is 11.1 Å². The van der Waals surface area contributed by atoms with Gasteiger partial charge in [0.1, 0.15) is 0 Å². The van der Waals surface area contributed by atoms with Gasteiger partial charge in [-0.3, -0.25) is 4.79 Å². The quantitative estimate of drug-likeness (QED) is 0.632. The van der Waals surface area contributed by atoms with Crippen LogP contribution in [0.4, 0.5) is 11.5 Å². The fraction of sp³-hybridized carbons (Fsp3) is 0. The molecule has 0 fully saturated rings. The van der Waals surface area contributed by atoms with E-state index in [9.17, 15) is 4.79 Å². The van der Waals surface area contributed by atoms with E-state index in [2.05, 4.69) is 15.5 Å². The third kappa shape index (κ3) is 3.41. The highest BCUT2D eigenvalue weighted by Crippen LogP contribution is 2.07. The van der Waals surface area contributed by atoms with Crippen molar-refractivity contribution in [3.8, 4) is 0 Å². The van der Waals surface area contributed by atoms with E-state index in [0.29, 0.717) is 11.5 Å². The van der Waals surface area contributed by atoms with Crippen LogP contribution >= 0.6 is 0 Å². The number of nitrogen functional groups attached to an aromatic ring is 1. The highest BCUT2D eigenvalue weighted by molar-refractivity contribution is 6.01. The Morgan fingerprint density at radius 1 is 1.22 bits per heavy atom. The number of hydrogen-bond acceptors (Lipinski definition) is 4. The minimum atomic E-state index is -0.257. The van der Waals surface area contributed by atoms with Crippen LogP contribution < -0.4 is 11.1 Å². The Morgan fingerprint density at radius 3 is 2.67 bits per heavy atom. The minimum absolute atomic E-state index is 0.257. The van der Waals surface area contributed by atoms with Crippen LogP contribution in [-0.4, -0.2) is 16.1 Å². The van der Waals surface area contributed by atoms with Crippen molar-refractivity contribution in [3.63, 3.8) is 0 Å². The molecule has 0 aliphatic heterocycles. The number of amides is 1. The maximum absolute atomic E-state index is 11.6. The highest BCUT2D eigenvalue weighted by Gasteiger charge is 1.97. The van der Waals surface area contributed by atoms with Crippen molar-refractivity contribution in [1.82, 2.24) is 10.2 Å². The van der Waals surface area contributed by atoms with Crippen molar-refractivity contribution in [2.45, 2.75) is 0 Å². The number of hydrogen-bond donors (Lipinski definition) is 2. The number of nitrogens with two attached hydrogens (primary N) is 1. The number of nitrogens with zero attached hydrogens (tertiary/aromatic N) is 2. The Hall–Kier alpha value is -2.69. The van der Waals surface area contributed by atoms with E-state index in [-0.39, 0.29) is 5.91 Å². The van der Waals surface area contributed by atoms with Crippen LogP contribution in [0.5, 0.6) is 0 Å². The predicted molar refractivity (Wildman–Crippen MR) is 70.6 cm³/mol. The van der Waals surface area contributed by atoms with Crippen molar-refractivity contribution in [2.75, 3.05) is 11.1 Å². The van der Waals surface area contributed by atoms with Crippen LogP contribution in [0, 0.1) is 0 Å². The molecule has 0 unspecified atom stereocenters. The average molecular weight is 240 g/mol. The van der Waals surface area contributed by atoms with Crippen LogP contribution in [0.15, 0.2) is 48.7 Å². The van der Waals surface area contributed by atoms with Crippen LogP contribution in [0.25, 0.3) is 6.08 Å². The highest BCUT2D eigenvalue weighted by atomic mass is 16.1. The number of carbonyl (C=O) groups is 1. The van der Waals surface area contributed by atoms with Crippen LogP contribution in [-0.2, 0) is 4.79 Å². The van der Waals surface area contributed by atoms with Crippen LogP contribution in [0.2, 0.25) is 0 Å². The molecule has 0 bridgehead atoms. The van der Waals surface area contributed by atoms with E-state index in [1.807, 2.05) is 12.1 Å². The molecule has 0 saturated carbocycles. The van der Waals surface area contributed by atoms with E-state index in [0.717, 1.165) is 5.56 Å². The summed E-state index contributed by atoms with van der Waals surface area (Å²) in [5.74, 6) is 0.164. The molecule has 0 spiro atoms. The molecule has 5 nitrogen and oxygen atoms in total. The van der Waals surface area contributed by atoms with Crippen molar-refractivity contribution >= 4 is 23.5 Å². The molecule has 5 heteroatoms. The monoisotopic (exact) mass is 240 g/mol. The van der Waals surface area contributed by atoms with Gasteiger partial charge in [0.25, 0.3) is 0 Å². The number of rotatable bonds is 3. The third-order valence-electron chi connectivity index (χ3n) is 2.19. The second-order valence-electron chi connectivity index (χ2n) is 3.60. The van der Waals surface area contributed by atoms with E-state index < -0.39 is 0 Å². The molecule has 0 saturated heterocycles. The van der Waals surface area contributed by atoms with Crippen LogP contribution in [0.3, 0.4) is 0 Å². The van der Waals surface area contributed by atoms with Gasteiger partial charge in [-0.1, -0.05) is 12.1 Å². The fourth-order valence-electron chi connectivity index (χ4n) is 1.32. The minimum Gasteiger partial charge on any atom is -0.399 e. The first-order chi connectivity index (χ1) is 8.74. The first kappa shape index (κ1) is 11.8. The average Bonchev–Trinajstić information content (AvgIpc) is 2.39. The largest absolute Gasteiger partial charge is 0.399 e. The summed E-state index contributed by atoms with van der Waals surface area (Å²) in [6, 6.07) is 10.6. The molecule has 1 heterocycles. The molecule has 3 N–H and O–H groups in total. The van der Waals surface area contributed by atoms with Gasteiger partial charge in [0, 0.05) is 18.0 Å². The molecule has 0 aliphatic rings. The SMILES string of the molecule is Nc1ccc(/C=C/C(=O)Nc2cccnn2)cc1. The Morgan fingerprint density at radius 2 is 2.00 bits per heavy atom. The van der Waals surface area contributed by atoms with E-state index in [4.69, 9.17) is 5.73 Å². The predicted octanol–water partition coefficient (Wildman–Crippen LogP) is 1.71. The van der Waals surface area contributed by atoms with Crippen molar-refractivity contribution in [1.29, 1.82) is 0 Å². The first-order valence-corrected chi connectivity index (χ1v) is 5.36. The third-order valence-corrected chi connectivity index (χ3v) is 2.19. The fourth-order valence-corrected chi connectivity index (χ4v) is 1.32. The lowest BCUT2D eigenvalue weighted by Crippen LogP contribution is -2.09. The standard InChI is InChI=1S/C13H12N4O/c14-11-6-3-10(4-7-11)5-8-13(18)16-12-2-1-9-15-17-12/h1-9H,14H2,(H,16,17,18)/b8-5+. The molecule has 0 atom stereocenters. The van der Waals surface area contributed by atoms with E-state index >= 15 is 0 Å². The summed E-state index contributed by atoms with van der Waals surface area (Å²) < 4.78 is 0. The Balaban J connectivity index is 1.97.